The van der Waals surface area contributed by atoms with Crippen LogP contribution in [0.2, 0.25) is 0 Å². The summed E-state index contributed by atoms with van der Waals surface area (Å²) in [6.45, 7) is 0.275. The maximum atomic E-state index is 13.3. The number of nitrogens with one attached hydrogen (secondary N) is 1. The molecular formula is C13H15F2NO2. The molecule has 1 N–H and O–H groups in total. The number of hydrogen-bond acceptors (Lipinski definition) is 3. The van der Waals surface area contributed by atoms with Gasteiger partial charge >= 0.3 is 5.97 Å². The van der Waals surface area contributed by atoms with Gasteiger partial charge in [0.25, 0.3) is 5.92 Å². The fourth-order valence-corrected chi connectivity index (χ4v) is 2.18. The Morgan fingerprint density at radius 1 is 1.39 bits per heavy atom. The summed E-state index contributed by atoms with van der Waals surface area (Å²) in [6.07, 6.45) is -0.155. The van der Waals surface area contributed by atoms with E-state index in [9.17, 15) is 13.6 Å². The van der Waals surface area contributed by atoms with E-state index in [1.54, 1.807) is 24.3 Å². The van der Waals surface area contributed by atoms with E-state index in [0.717, 1.165) is 5.56 Å². The van der Waals surface area contributed by atoms with Crippen LogP contribution in [0.5, 0.6) is 0 Å². The third kappa shape index (κ3) is 2.85. The molecule has 0 unspecified atom stereocenters. The van der Waals surface area contributed by atoms with Crippen molar-refractivity contribution in [1.29, 1.82) is 0 Å². The molecule has 1 aromatic carbocycles. The molecule has 0 saturated carbocycles. The summed E-state index contributed by atoms with van der Waals surface area (Å²) in [5, 5.41) is 2.73. The molecule has 1 fully saturated rings. The summed E-state index contributed by atoms with van der Waals surface area (Å²) < 4.78 is 31.1. The molecule has 18 heavy (non-hydrogen) atoms. The van der Waals surface area contributed by atoms with Crippen LogP contribution in [0.4, 0.5) is 8.78 Å². The molecule has 1 heterocycles. The van der Waals surface area contributed by atoms with Crippen LogP contribution < -0.4 is 5.32 Å². The summed E-state index contributed by atoms with van der Waals surface area (Å²) in [6, 6.07) is 6.63. The minimum atomic E-state index is -2.66. The number of hydrogen-bond donors (Lipinski definition) is 1. The van der Waals surface area contributed by atoms with Gasteiger partial charge in [0.05, 0.1) is 19.2 Å². The standard InChI is InChI=1S/C13H15F2NO2/c1-18-12(17)10-4-2-9(3-5-10)11-6-13(14,15)8-16-7-11/h2-5,11,16H,6-8H2,1H3/t11-/m0/s1. The molecule has 3 nitrogen and oxygen atoms in total. The number of carbonyl (C=O) groups excluding carboxylic acids is 1. The fraction of sp³-hybridized carbons (Fsp3) is 0.462. The molecule has 5 heteroatoms. The van der Waals surface area contributed by atoms with E-state index in [0.29, 0.717) is 12.1 Å². The first kappa shape index (κ1) is 13.0. The van der Waals surface area contributed by atoms with E-state index in [1.807, 2.05) is 0 Å². The maximum absolute atomic E-state index is 13.3. The Balaban J connectivity index is 2.12. The van der Waals surface area contributed by atoms with Gasteiger partial charge in [0.15, 0.2) is 0 Å². The van der Waals surface area contributed by atoms with Crippen molar-refractivity contribution in [3.05, 3.63) is 35.4 Å². The van der Waals surface area contributed by atoms with E-state index < -0.39 is 11.9 Å². The lowest BCUT2D eigenvalue weighted by Gasteiger charge is -2.30. The van der Waals surface area contributed by atoms with Gasteiger partial charge in [0, 0.05) is 18.9 Å². The lowest BCUT2D eigenvalue weighted by Crippen LogP contribution is -2.42. The van der Waals surface area contributed by atoms with Crippen molar-refractivity contribution in [1.82, 2.24) is 5.32 Å². The number of esters is 1. The third-order valence-corrected chi connectivity index (χ3v) is 3.12. The average Bonchev–Trinajstić information content (AvgIpc) is 2.37. The van der Waals surface area contributed by atoms with Gasteiger partial charge in [-0.25, -0.2) is 13.6 Å². The number of methoxy groups -OCH3 is 1. The molecule has 0 spiro atoms. The third-order valence-electron chi connectivity index (χ3n) is 3.12. The Labute approximate surface area is 104 Å². The normalized spacial score (nSPS) is 22.5. The second kappa shape index (κ2) is 5.02. The van der Waals surface area contributed by atoms with Crippen molar-refractivity contribution < 1.29 is 18.3 Å². The second-order valence-electron chi connectivity index (χ2n) is 4.50. The van der Waals surface area contributed by atoms with Crippen molar-refractivity contribution in [3.8, 4) is 0 Å². The van der Waals surface area contributed by atoms with Gasteiger partial charge in [-0.1, -0.05) is 12.1 Å². The SMILES string of the molecule is COC(=O)c1ccc([C@@H]2CNCC(F)(F)C2)cc1. The molecule has 0 aromatic heterocycles. The van der Waals surface area contributed by atoms with E-state index in [-0.39, 0.29) is 18.9 Å². The van der Waals surface area contributed by atoms with E-state index in [4.69, 9.17) is 0 Å². The van der Waals surface area contributed by atoms with Crippen LogP contribution >= 0.6 is 0 Å². The molecule has 1 aliphatic heterocycles. The minimum Gasteiger partial charge on any atom is -0.465 e. The van der Waals surface area contributed by atoms with Crippen LogP contribution in [-0.2, 0) is 4.74 Å². The molecule has 0 bridgehead atoms. The van der Waals surface area contributed by atoms with Crippen LogP contribution in [0.1, 0.15) is 28.3 Å². The molecule has 1 saturated heterocycles. The number of benzene rings is 1. The second-order valence-corrected chi connectivity index (χ2v) is 4.50. The molecule has 1 aromatic rings. The molecule has 1 atom stereocenters. The highest BCUT2D eigenvalue weighted by atomic mass is 19.3. The number of alkyl halides is 2. The smallest absolute Gasteiger partial charge is 0.337 e. The lowest BCUT2D eigenvalue weighted by atomic mass is 9.89. The molecule has 2 rings (SSSR count). The largest absolute Gasteiger partial charge is 0.465 e. The zero-order valence-electron chi connectivity index (χ0n) is 10.1. The van der Waals surface area contributed by atoms with Gasteiger partial charge < -0.3 is 10.1 Å². The van der Waals surface area contributed by atoms with Crippen molar-refractivity contribution in [2.45, 2.75) is 18.3 Å². The van der Waals surface area contributed by atoms with Gasteiger partial charge in [-0.05, 0) is 17.7 Å². The van der Waals surface area contributed by atoms with Crippen molar-refractivity contribution >= 4 is 5.97 Å². The van der Waals surface area contributed by atoms with Crippen molar-refractivity contribution in [3.63, 3.8) is 0 Å². The lowest BCUT2D eigenvalue weighted by molar-refractivity contribution is -0.0277. The summed E-state index contributed by atoms with van der Waals surface area (Å²) in [5.41, 5.74) is 1.24. The molecule has 1 aliphatic rings. The summed E-state index contributed by atoms with van der Waals surface area (Å²) in [5.74, 6) is -3.31. The maximum Gasteiger partial charge on any atom is 0.337 e. The van der Waals surface area contributed by atoms with Crippen molar-refractivity contribution in [2.75, 3.05) is 20.2 Å². The number of piperidine rings is 1. The predicted octanol–water partition coefficient (Wildman–Crippen LogP) is 2.19. The van der Waals surface area contributed by atoms with Gasteiger partial charge in [0.2, 0.25) is 0 Å². The molecule has 98 valence electrons. The van der Waals surface area contributed by atoms with Crippen LogP contribution in [0.15, 0.2) is 24.3 Å². The molecule has 0 radical (unpaired) electrons. The Bertz CT molecular complexity index is 431. The number of ether oxygens (including phenoxy) is 1. The number of carbonyl (C=O) groups is 1. The molecular weight excluding hydrogens is 240 g/mol. The average molecular weight is 255 g/mol. The van der Waals surface area contributed by atoms with Crippen LogP contribution in [0.3, 0.4) is 0 Å². The molecule has 0 aliphatic carbocycles. The summed E-state index contributed by atoms with van der Waals surface area (Å²) >= 11 is 0. The Hall–Kier alpha value is -1.49. The quantitative estimate of drug-likeness (QED) is 0.823. The zero-order valence-corrected chi connectivity index (χ0v) is 10.1. The highest BCUT2D eigenvalue weighted by Crippen LogP contribution is 2.32. The highest BCUT2D eigenvalue weighted by molar-refractivity contribution is 5.89. The van der Waals surface area contributed by atoms with E-state index in [1.165, 1.54) is 7.11 Å². The van der Waals surface area contributed by atoms with Gasteiger partial charge in [-0.15, -0.1) is 0 Å². The van der Waals surface area contributed by atoms with Crippen molar-refractivity contribution in [2.24, 2.45) is 0 Å². The van der Waals surface area contributed by atoms with Crippen LogP contribution in [0, 0.1) is 0 Å². The predicted molar refractivity (Wildman–Crippen MR) is 63.0 cm³/mol. The first-order chi connectivity index (χ1) is 8.52. The van der Waals surface area contributed by atoms with Gasteiger partial charge in [0.1, 0.15) is 0 Å². The number of halogens is 2. The first-order valence-corrected chi connectivity index (χ1v) is 5.79. The summed E-state index contributed by atoms with van der Waals surface area (Å²) in [7, 11) is 1.31. The number of rotatable bonds is 2. The van der Waals surface area contributed by atoms with E-state index in [2.05, 4.69) is 10.1 Å². The van der Waals surface area contributed by atoms with Gasteiger partial charge in [-0.3, -0.25) is 0 Å². The van der Waals surface area contributed by atoms with Crippen LogP contribution in [-0.4, -0.2) is 32.1 Å². The first-order valence-electron chi connectivity index (χ1n) is 5.79. The monoisotopic (exact) mass is 255 g/mol. The minimum absolute atomic E-state index is 0.155. The Kier molecular flexibility index (Phi) is 3.61. The molecule has 0 amide bonds. The topological polar surface area (TPSA) is 38.3 Å². The van der Waals surface area contributed by atoms with Gasteiger partial charge in [-0.2, -0.15) is 0 Å². The summed E-state index contributed by atoms with van der Waals surface area (Å²) in [4.78, 5) is 11.2. The fourth-order valence-electron chi connectivity index (χ4n) is 2.18. The Morgan fingerprint density at radius 3 is 2.61 bits per heavy atom. The highest BCUT2D eigenvalue weighted by Gasteiger charge is 2.36. The Morgan fingerprint density at radius 2 is 2.06 bits per heavy atom. The van der Waals surface area contributed by atoms with Crippen LogP contribution in [0.25, 0.3) is 0 Å². The van der Waals surface area contributed by atoms with E-state index >= 15 is 0 Å². The zero-order chi connectivity index (χ0) is 13.2.